The average Bonchev–Trinajstić information content (AvgIpc) is 3.21. The van der Waals surface area contributed by atoms with E-state index in [9.17, 15) is 5.11 Å². The molecular formula is C21H29NO6. The predicted octanol–water partition coefficient (Wildman–Crippen LogP) is 1.53. The van der Waals surface area contributed by atoms with E-state index in [4.69, 9.17) is 23.7 Å². The Labute approximate surface area is 165 Å². The normalized spacial score (nSPS) is 33.5. The van der Waals surface area contributed by atoms with Crippen molar-refractivity contribution in [3.63, 3.8) is 0 Å². The van der Waals surface area contributed by atoms with Crippen LogP contribution in [0.3, 0.4) is 0 Å². The Morgan fingerprint density at radius 2 is 1.75 bits per heavy atom. The highest BCUT2D eigenvalue weighted by atomic mass is 16.7. The van der Waals surface area contributed by atoms with Crippen LogP contribution in [0.15, 0.2) is 18.2 Å². The van der Waals surface area contributed by atoms with Gasteiger partial charge in [0.05, 0.1) is 32.5 Å². The van der Waals surface area contributed by atoms with E-state index in [2.05, 4.69) is 4.90 Å². The Hall–Kier alpha value is -1.54. The Bertz CT molecular complexity index is 677. The van der Waals surface area contributed by atoms with Crippen molar-refractivity contribution in [2.75, 3.05) is 52.9 Å². The van der Waals surface area contributed by atoms with Gasteiger partial charge in [-0.05, 0) is 36.8 Å². The van der Waals surface area contributed by atoms with Crippen molar-refractivity contribution >= 4 is 0 Å². The quantitative estimate of drug-likeness (QED) is 0.835. The Morgan fingerprint density at radius 3 is 2.57 bits per heavy atom. The third-order valence-electron chi connectivity index (χ3n) is 6.39. The van der Waals surface area contributed by atoms with Crippen LogP contribution in [0.2, 0.25) is 0 Å². The van der Waals surface area contributed by atoms with Crippen LogP contribution in [0.1, 0.15) is 12.8 Å². The molecule has 0 spiro atoms. The van der Waals surface area contributed by atoms with Gasteiger partial charge in [-0.2, -0.15) is 0 Å². The first-order valence-corrected chi connectivity index (χ1v) is 10.4. The molecule has 2 saturated heterocycles. The Balaban J connectivity index is 1.18. The molecule has 28 heavy (non-hydrogen) atoms. The molecule has 154 valence electrons. The summed E-state index contributed by atoms with van der Waals surface area (Å²) in [6.45, 7) is 6.34. The summed E-state index contributed by atoms with van der Waals surface area (Å²) >= 11 is 0. The third-order valence-corrected chi connectivity index (χ3v) is 6.39. The van der Waals surface area contributed by atoms with Gasteiger partial charge in [0.1, 0.15) is 11.9 Å². The van der Waals surface area contributed by atoms with E-state index in [1.807, 2.05) is 18.2 Å². The zero-order chi connectivity index (χ0) is 18.9. The number of hydrogen-bond donors (Lipinski definition) is 1. The molecule has 3 aliphatic heterocycles. The van der Waals surface area contributed by atoms with Crippen molar-refractivity contribution in [2.24, 2.45) is 17.8 Å². The minimum Gasteiger partial charge on any atom is -0.488 e. The van der Waals surface area contributed by atoms with Crippen molar-refractivity contribution in [3.05, 3.63) is 18.2 Å². The summed E-state index contributed by atoms with van der Waals surface area (Å²) in [6, 6.07) is 5.61. The number of likely N-dealkylation sites (tertiary alicyclic amines) is 1. The number of fused-ring (bicyclic) bond motifs is 2. The van der Waals surface area contributed by atoms with Gasteiger partial charge in [0.2, 0.25) is 6.79 Å². The highest BCUT2D eigenvalue weighted by Crippen LogP contribution is 2.40. The second-order valence-electron chi connectivity index (χ2n) is 8.46. The lowest BCUT2D eigenvalue weighted by Gasteiger charge is -2.35. The summed E-state index contributed by atoms with van der Waals surface area (Å²) in [7, 11) is 0. The number of aliphatic hydroxyl groups excluding tert-OH is 1. The molecule has 1 aromatic carbocycles. The lowest BCUT2D eigenvalue weighted by molar-refractivity contribution is -0.0232. The van der Waals surface area contributed by atoms with E-state index in [1.54, 1.807) is 0 Å². The molecule has 0 radical (unpaired) electrons. The second-order valence-corrected chi connectivity index (χ2v) is 8.46. The molecular weight excluding hydrogens is 362 g/mol. The molecule has 3 heterocycles. The fourth-order valence-electron chi connectivity index (χ4n) is 5.02. The smallest absolute Gasteiger partial charge is 0.231 e. The summed E-state index contributed by atoms with van der Waals surface area (Å²) in [6.07, 6.45) is 1.07. The van der Waals surface area contributed by atoms with E-state index < -0.39 is 6.10 Å². The molecule has 7 nitrogen and oxygen atoms in total. The van der Waals surface area contributed by atoms with Crippen LogP contribution in [0, 0.1) is 17.8 Å². The van der Waals surface area contributed by atoms with Gasteiger partial charge in [0.25, 0.3) is 0 Å². The first-order valence-electron chi connectivity index (χ1n) is 10.4. The largest absolute Gasteiger partial charge is 0.488 e. The van der Waals surface area contributed by atoms with Gasteiger partial charge < -0.3 is 33.7 Å². The summed E-state index contributed by atoms with van der Waals surface area (Å²) in [4.78, 5) is 2.52. The molecule has 0 unspecified atom stereocenters. The Kier molecular flexibility index (Phi) is 5.32. The number of ether oxygens (including phenoxy) is 5. The molecule has 1 aromatic rings. The molecule has 1 saturated carbocycles. The molecule has 1 aliphatic carbocycles. The lowest BCUT2D eigenvalue weighted by atomic mass is 9.78. The van der Waals surface area contributed by atoms with Crippen LogP contribution in [0.5, 0.6) is 17.2 Å². The van der Waals surface area contributed by atoms with Gasteiger partial charge in [-0.25, -0.2) is 0 Å². The predicted molar refractivity (Wildman–Crippen MR) is 101 cm³/mol. The highest BCUT2D eigenvalue weighted by molar-refractivity contribution is 5.46. The van der Waals surface area contributed by atoms with Gasteiger partial charge in [-0.3, -0.25) is 0 Å². The number of nitrogens with zero attached hydrogens (tertiary/aromatic N) is 1. The number of aliphatic hydroxyl groups is 1. The first kappa shape index (κ1) is 18.5. The Morgan fingerprint density at radius 1 is 1.00 bits per heavy atom. The lowest BCUT2D eigenvalue weighted by Crippen LogP contribution is -2.42. The number of rotatable bonds is 4. The highest BCUT2D eigenvalue weighted by Gasteiger charge is 2.43. The summed E-state index contributed by atoms with van der Waals surface area (Å²) in [5.41, 5.74) is 0. The minimum absolute atomic E-state index is 0.175. The van der Waals surface area contributed by atoms with Crippen LogP contribution in [0.25, 0.3) is 0 Å². The van der Waals surface area contributed by atoms with Crippen molar-refractivity contribution in [2.45, 2.75) is 25.0 Å². The van der Waals surface area contributed by atoms with Crippen LogP contribution in [-0.2, 0) is 9.47 Å². The monoisotopic (exact) mass is 391 g/mol. The van der Waals surface area contributed by atoms with Crippen molar-refractivity contribution in [1.29, 1.82) is 0 Å². The maximum Gasteiger partial charge on any atom is 0.231 e. The zero-order valence-corrected chi connectivity index (χ0v) is 16.1. The van der Waals surface area contributed by atoms with Crippen molar-refractivity contribution in [3.8, 4) is 17.2 Å². The fraction of sp³-hybridized carbons (Fsp3) is 0.714. The SMILES string of the molecule is O[C@@H]1C[C@H]2CN(CC3COCCOC3)C[C@H]2C[C@H]1Oc1ccc2c(c1)OCO2. The molecule has 5 rings (SSSR count). The van der Waals surface area contributed by atoms with E-state index >= 15 is 0 Å². The summed E-state index contributed by atoms with van der Waals surface area (Å²) in [5, 5.41) is 10.7. The van der Waals surface area contributed by atoms with Crippen LogP contribution < -0.4 is 14.2 Å². The van der Waals surface area contributed by atoms with E-state index in [-0.39, 0.29) is 12.9 Å². The standard InChI is InChI=1S/C21H29NO6/c23-18-5-15-9-22(8-14-11-24-3-4-25-12-14)10-16(15)6-20(18)28-17-1-2-19-21(7-17)27-13-26-19/h1-2,7,14-16,18,20,23H,3-6,8-13H2/t15-,16+,18+,20+/m0/s1. The van der Waals surface area contributed by atoms with Gasteiger partial charge in [0.15, 0.2) is 11.5 Å². The van der Waals surface area contributed by atoms with Gasteiger partial charge >= 0.3 is 0 Å². The zero-order valence-electron chi connectivity index (χ0n) is 16.1. The van der Waals surface area contributed by atoms with Crippen molar-refractivity contribution < 1.29 is 28.8 Å². The molecule has 1 N–H and O–H groups in total. The summed E-state index contributed by atoms with van der Waals surface area (Å²) < 4.78 is 28.2. The topological polar surface area (TPSA) is 69.6 Å². The molecule has 4 atom stereocenters. The van der Waals surface area contributed by atoms with E-state index in [0.717, 1.165) is 57.2 Å². The van der Waals surface area contributed by atoms with Crippen LogP contribution in [-0.4, -0.2) is 75.1 Å². The second kappa shape index (κ2) is 8.06. The molecule has 3 fully saturated rings. The number of benzene rings is 1. The number of hydrogen-bond acceptors (Lipinski definition) is 7. The molecule has 7 heteroatoms. The van der Waals surface area contributed by atoms with Gasteiger partial charge in [-0.15, -0.1) is 0 Å². The average molecular weight is 391 g/mol. The summed E-state index contributed by atoms with van der Waals surface area (Å²) in [5.74, 6) is 3.73. The molecule has 4 aliphatic rings. The van der Waals surface area contributed by atoms with Gasteiger partial charge in [0, 0.05) is 31.6 Å². The maximum atomic E-state index is 10.7. The van der Waals surface area contributed by atoms with Gasteiger partial charge in [-0.1, -0.05) is 0 Å². The molecule has 0 amide bonds. The fourth-order valence-corrected chi connectivity index (χ4v) is 5.02. The van der Waals surface area contributed by atoms with Crippen LogP contribution >= 0.6 is 0 Å². The molecule has 0 bridgehead atoms. The third kappa shape index (κ3) is 3.94. The maximum absolute atomic E-state index is 10.7. The van der Waals surface area contributed by atoms with Crippen molar-refractivity contribution in [1.82, 2.24) is 4.90 Å². The van der Waals surface area contributed by atoms with E-state index in [1.165, 1.54) is 0 Å². The first-order chi connectivity index (χ1) is 13.7. The van der Waals surface area contributed by atoms with E-state index in [0.29, 0.717) is 36.7 Å². The van der Waals surface area contributed by atoms with Crippen LogP contribution in [0.4, 0.5) is 0 Å². The minimum atomic E-state index is -0.434. The molecule has 0 aromatic heterocycles.